The standard InChI is InChI=1S/C21H31N3O/c1-22-10-6-5-9-18(22)16-23-11-13-24(14-12-23)21(25)20-15-19(20)17-7-3-2-4-8-17/h2-4,7-8,18-20H,5-6,9-16H2,1H3/t18-,19-,20-/m1/s1. The SMILES string of the molecule is CN1CCCC[C@@H]1CN1CCN(C(=O)[C@@H]2C[C@@H]2c2ccccc2)CC1. The van der Waals surface area contributed by atoms with Gasteiger partial charge in [0.2, 0.25) is 5.91 Å². The summed E-state index contributed by atoms with van der Waals surface area (Å²) in [5.41, 5.74) is 1.33. The van der Waals surface area contributed by atoms with Gasteiger partial charge in [-0.25, -0.2) is 0 Å². The molecule has 0 bridgehead atoms. The first-order chi connectivity index (χ1) is 12.2. The zero-order chi connectivity index (χ0) is 17.2. The minimum atomic E-state index is 0.235. The number of piperidine rings is 1. The second kappa shape index (κ2) is 7.46. The van der Waals surface area contributed by atoms with Crippen molar-refractivity contribution in [2.75, 3.05) is 46.3 Å². The Bertz CT molecular complexity index is 582. The molecule has 1 amide bonds. The van der Waals surface area contributed by atoms with Gasteiger partial charge in [0.05, 0.1) is 0 Å². The van der Waals surface area contributed by atoms with Crippen LogP contribution in [-0.2, 0) is 4.79 Å². The predicted molar refractivity (Wildman–Crippen MR) is 101 cm³/mol. The molecule has 4 rings (SSSR count). The maximum atomic E-state index is 12.8. The monoisotopic (exact) mass is 341 g/mol. The molecule has 2 saturated heterocycles. The lowest BCUT2D eigenvalue weighted by atomic mass is 10.0. The van der Waals surface area contributed by atoms with Gasteiger partial charge >= 0.3 is 0 Å². The van der Waals surface area contributed by atoms with Gasteiger partial charge in [-0.1, -0.05) is 36.8 Å². The second-order valence-electron chi connectivity index (χ2n) is 8.12. The van der Waals surface area contributed by atoms with E-state index in [9.17, 15) is 4.79 Å². The van der Waals surface area contributed by atoms with Crippen molar-refractivity contribution in [2.45, 2.75) is 37.6 Å². The number of carbonyl (C=O) groups excluding carboxylic acids is 1. The van der Waals surface area contributed by atoms with Crippen molar-refractivity contribution in [2.24, 2.45) is 5.92 Å². The third kappa shape index (κ3) is 3.90. The Morgan fingerprint density at radius 1 is 1.04 bits per heavy atom. The number of likely N-dealkylation sites (N-methyl/N-ethyl adjacent to an activating group) is 1. The molecule has 4 heteroatoms. The molecule has 1 aliphatic carbocycles. The van der Waals surface area contributed by atoms with Crippen molar-refractivity contribution in [3.63, 3.8) is 0 Å². The molecule has 4 nitrogen and oxygen atoms in total. The molecule has 0 N–H and O–H groups in total. The lowest BCUT2D eigenvalue weighted by molar-refractivity contribution is -0.134. The predicted octanol–water partition coefficient (Wildman–Crippen LogP) is 2.42. The quantitative estimate of drug-likeness (QED) is 0.841. The number of rotatable bonds is 4. The Balaban J connectivity index is 1.24. The minimum absolute atomic E-state index is 0.235. The summed E-state index contributed by atoms with van der Waals surface area (Å²) in [5.74, 6) is 1.09. The number of hydrogen-bond acceptors (Lipinski definition) is 3. The number of benzene rings is 1. The van der Waals surface area contributed by atoms with Gasteiger partial charge in [-0.3, -0.25) is 9.69 Å². The van der Waals surface area contributed by atoms with E-state index in [0.717, 1.165) is 32.6 Å². The first kappa shape index (κ1) is 17.0. The Hall–Kier alpha value is -1.39. The molecule has 0 unspecified atom stereocenters. The molecule has 136 valence electrons. The minimum Gasteiger partial charge on any atom is -0.340 e. The van der Waals surface area contributed by atoms with Crippen LogP contribution in [0, 0.1) is 5.92 Å². The van der Waals surface area contributed by atoms with Crippen LogP contribution >= 0.6 is 0 Å². The zero-order valence-corrected chi connectivity index (χ0v) is 15.4. The highest BCUT2D eigenvalue weighted by molar-refractivity contribution is 5.83. The topological polar surface area (TPSA) is 26.8 Å². The molecule has 3 fully saturated rings. The largest absolute Gasteiger partial charge is 0.340 e. The van der Waals surface area contributed by atoms with E-state index in [4.69, 9.17) is 0 Å². The van der Waals surface area contributed by atoms with Crippen LogP contribution in [0.15, 0.2) is 30.3 Å². The molecule has 0 radical (unpaired) electrons. The highest BCUT2D eigenvalue weighted by Gasteiger charge is 2.46. The molecule has 0 spiro atoms. The number of amides is 1. The summed E-state index contributed by atoms with van der Waals surface area (Å²) in [6.45, 7) is 6.32. The Morgan fingerprint density at radius 2 is 1.80 bits per heavy atom. The molecule has 2 aliphatic heterocycles. The van der Waals surface area contributed by atoms with Crippen molar-refractivity contribution in [3.8, 4) is 0 Å². The molecule has 1 saturated carbocycles. The summed E-state index contributed by atoms with van der Waals surface area (Å²) in [6.07, 6.45) is 5.08. The first-order valence-corrected chi connectivity index (χ1v) is 9.98. The molecule has 0 aromatic heterocycles. The van der Waals surface area contributed by atoms with Gasteiger partial charge in [0.1, 0.15) is 0 Å². The maximum Gasteiger partial charge on any atom is 0.226 e. The molecule has 3 atom stereocenters. The Kier molecular flexibility index (Phi) is 5.09. The average Bonchev–Trinajstić information content (AvgIpc) is 3.45. The van der Waals surface area contributed by atoms with E-state index >= 15 is 0 Å². The molecular weight excluding hydrogens is 310 g/mol. The summed E-state index contributed by atoms with van der Waals surface area (Å²) in [7, 11) is 2.26. The average molecular weight is 341 g/mol. The molecule has 1 aromatic rings. The summed E-state index contributed by atoms with van der Waals surface area (Å²) < 4.78 is 0. The van der Waals surface area contributed by atoms with Crippen molar-refractivity contribution in [1.29, 1.82) is 0 Å². The van der Waals surface area contributed by atoms with Gasteiger partial charge in [-0.2, -0.15) is 0 Å². The fourth-order valence-corrected chi connectivity index (χ4v) is 4.59. The lowest BCUT2D eigenvalue weighted by Crippen LogP contribution is -2.53. The van der Waals surface area contributed by atoms with Crippen LogP contribution in [0.3, 0.4) is 0 Å². The van der Waals surface area contributed by atoms with Crippen molar-refractivity contribution < 1.29 is 4.79 Å². The molecule has 1 aromatic carbocycles. The van der Waals surface area contributed by atoms with Crippen LogP contribution in [-0.4, -0.2) is 73.0 Å². The van der Waals surface area contributed by atoms with E-state index in [0.29, 0.717) is 17.9 Å². The van der Waals surface area contributed by atoms with Crippen LogP contribution in [0.25, 0.3) is 0 Å². The van der Waals surface area contributed by atoms with Gasteiger partial charge in [-0.05, 0) is 44.3 Å². The Labute approximate surface area is 151 Å². The third-order valence-corrected chi connectivity index (χ3v) is 6.41. The fraction of sp³-hybridized carbons (Fsp3) is 0.667. The van der Waals surface area contributed by atoms with Crippen LogP contribution in [0.1, 0.15) is 37.2 Å². The summed E-state index contributed by atoms with van der Waals surface area (Å²) in [4.78, 5) is 20.0. The number of carbonyl (C=O) groups is 1. The van der Waals surface area contributed by atoms with Crippen LogP contribution in [0.2, 0.25) is 0 Å². The van der Waals surface area contributed by atoms with E-state index in [1.807, 2.05) is 6.07 Å². The number of hydrogen-bond donors (Lipinski definition) is 0. The van der Waals surface area contributed by atoms with Crippen molar-refractivity contribution in [1.82, 2.24) is 14.7 Å². The highest BCUT2D eigenvalue weighted by Crippen LogP contribution is 2.48. The summed E-state index contributed by atoms with van der Waals surface area (Å²) in [6, 6.07) is 11.2. The summed E-state index contributed by atoms with van der Waals surface area (Å²) in [5, 5.41) is 0. The number of nitrogens with zero attached hydrogens (tertiary/aromatic N) is 3. The number of piperazine rings is 1. The Morgan fingerprint density at radius 3 is 2.52 bits per heavy atom. The van der Waals surface area contributed by atoms with Gasteiger partial charge in [0, 0.05) is 44.7 Å². The second-order valence-corrected chi connectivity index (χ2v) is 8.12. The normalized spacial score (nSPS) is 31.1. The lowest BCUT2D eigenvalue weighted by Gasteiger charge is -2.40. The van der Waals surface area contributed by atoms with Gasteiger partial charge in [0.25, 0.3) is 0 Å². The molecule has 25 heavy (non-hydrogen) atoms. The fourth-order valence-electron chi connectivity index (χ4n) is 4.59. The molecule has 3 aliphatic rings. The van der Waals surface area contributed by atoms with E-state index in [1.54, 1.807) is 0 Å². The van der Waals surface area contributed by atoms with E-state index < -0.39 is 0 Å². The van der Waals surface area contributed by atoms with Crippen LogP contribution in [0.5, 0.6) is 0 Å². The van der Waals surface area contributed by atoms with Crippen molar-refractivity contribution >= 4 is 5.91 Å². The van der Waals surface area contributed by atoms with Gasteiger partial charge in [0.15, 0.2) is 0 Å². The summed E-state index contributed by atoms with van der Waals surface area (Å²) >= 11 is 0. The van der Waals surface area contributed by atoms with E-state index in [-0.39, 0.29) is 5.92 Å². The molecular formula is C21H31N3O. The number of likely N-dealkylation sites (tertiary alicyclic amines) is 1. The van der Waals surface area contributed by atoms with Crippen molar-refractivity contribution in [3.05, 3.63) is 35.9 Å². The zero-order valence-electron chi connectivity index (χ0n) is 15.4. The van der Waals surface area contributed by atoms with Gasteiger partial charge < -0.3 is 9.80 Å². The first-order valence-electron chi connectivity index (χ1n) is 9.98. The smallest absolute Gasteiger partial charge is 0.226 e. The van der Waals surface area contributed by atoms with E-state index in [1.165, 1.54) is 37.9 Å². The highest BCUT2D eigenvalue weighted by atomic mass is 16.2. The van der Waals surface area contributed by atoms with Gasteiger partial charge in [-0.15, -0.1) is 0 Å². The van der Waals surface area contributed by atoms with Crippen LogP contribution in [0.4, 0.5) is 0 Å². The van der Waals surface area contributed by atoms with Crippen LogP contribution < -0.4 is 0 Å². The third-order valence-electron chi connectivity index (χ3n) is 6.41. The van der Waals surface area contributed by atoms with E-state index in [2.05, 4.69) is 46.0 Å². The molecule has 2 heterocycles. The maximum absolute atomic E-state index is 12.8.